The molecule has 36 heavy (non-hydrogen) atoms. The standard InChI is InChI=1S/C27H28N2O7/c1-17-11-22(18(2)29(17)14-21-15-34-24-9-4-5-10-25(24)36-21)23(30)16-35-26(31)13-28-27(32)19-7-6-8-20(12-19)33-3/h4-12,21H,13-16H2,1-3H3,(H,28,32). The highest BCUT2D eigenvalue weighted by molar-refractivity contribution is 6.00. The summed E-state index contributed by atoms with van der Waals surface area (Å²) in [5.74, 6) is 0.454. The molecule has 1 N–H and O–H groups in total. The summed E-state index contributed by atoms with van der Waals surface area (Å²) in [6, 6.07) is 15.8. The van der Waals surface area contributed by atoms with Crippen molar-refractivity contribution in [3.8, 4) is 17.2 Å². The van der Waals surface area contributed by atoms with Crippen molar-refractivity contribution < 1.29 is 33.3 Å². The van der Waals surface area contributed by atoms with Crippen LogP contribution in [0.25, 0.3) is 0 Å². The first-order valence-electron chi connectivity index (χ1n) is 11.5. The van der Waals surface area contributed by atoms with Crippen molar-refractivity contribution in [3.63, 3.8) is 0 Å². The van der Waals surface area contributed by atoms with Crippen LogP contribution in [-0.4, -0.2) is 55.2 Å². The molecule has 0 aliphatic carbocycles. The fourth-order valence-corrected chi connectivity index (χ4v) is 4.01. The maximum absolute atomic E-state index is 12.8. The van der Waals surface area contributed by atoms with E-state index >= 15 is 0 Å². The van der Waals surface area contributed by atoms with Crippen molar-refractivity contribution in [2.24, 2.45) is 0 Å². The second-order valence-electron chi connectivity index (χ2n) is 8.39. The molecule has 0 saturated carbocycles. The van der Waals surface area contributed by atoms with Crippen LogP contribution in [0.4, 0.5) is 0 Å². The highest BCUT2D eigenvalue weighted by atomic mass is 16.6. The fourth-order valence-electron chi connectivity index (χ4n) is 4.01. The van der Waals surface area contributed by atoms with Crippen LogP contribution in [0.5, 0.6) is 17.2 Å². The minimum absolute atomic E-state index is 0.210. The number of nitrogens with zero attached hydrogens (tertiary/aromatic N) is 1. The van der Waals surface area contributed by atoms with E-state index in [9.17, 15) is 14.4 Å². The zero-order valence-electron chi connectivity index (χ0n) is 20.4. The molecule has 3 aromatic rings. The van der Waals surface area contributed by atoms with Gasteiger partial charge < -0.3 is 28.8 Å². The van der Waals surface area contributed by atoms with E-state index in [0.29, 0.717) is 41.5 Å². The molecule has 9 nitrogen and oxygen atoms in total. The third-order valence-corrected chi connectivity index (χ3v) is 5.92. The zero-order valence-corrected chi connectivity index (χ0v) is 20.4. The third-order valence-electron chi connectivity index (χ3n) is 5.92. The maximum Gasteiger partial charge on any atom is 0.325 e. The summed E-state index contributed by atoms with van der Waals surface area (Å²) >= 11 is 0. The average Bonchev–Trinajstić information content (AvgIpc) is 3.18. The lowest BCUT2D eigenvalue weighted by Gasteiger charge is -2.27. The van der Waals surface area contributed by atoms with E-state index in [4.69, 9.17) is 18.9 Å². The first-order chi connectivity index (χ1) is 17.4. The Labute approximate surface area is 208 Å². The van der Waals surface area contributed by atoms with Gasteiger partial charge in [-0.3, -0.25) is 14.4 Å². The number of rotatable bonds is 9. The van der Waals surface area contributed by atoms with Gasteiger partial charge in [0.1, 0.15) is 18.9 Å². The number of carbonyl (C=O) groups excluding carboxylic acids is 3. The monoisotopic (exact) mass is 492 g/mol. The molecule has 0 bridgehead atoms. The zero-order chi connectivity index (χ0) is 25.7. The van der Waals surface area contributed by atoms with Crippen molar-refractivity contribution in [3.05, 3.63) is 77.1 Å². The molecule has 2 heterocycles. The number of benzene rings is 2. The van der Waals surface area contributed by atoms with Crippen LogP contribution < -0.4 is 19.5 Å². The first kappa shape index (κ1) is 24.8. The number of ether oxygens (including phenoxy) is 4. The summed E-state index contributed by atoms with van der Waals surface area (Å²) in [7, 11) is 1.50. The molecule has 1 aliphatic rings. The quantitative estimate of drug-likeness (QED) is 0.361. The number of para-hydroxylation sites is 2. The molecule has 9 heteroatoms. The van der Waals surface area contributed by atoms with E-state index in [-0.39, 0.29) is 18.4 Å². The van der Waals surface area contributed by atoms with Gasteiger partial charge in [0.2, 0.25) is 5.78 Å². The fraction of sp³-hybridized carbons (Fsp3) is 0.296. The third kappa shape index (κ3) is 5.68. The van der Waals surface area contributed by atoms with Crippen LogP contribution >= 0.6 is 0 Å². The number of nitrogens with one attached hydrogen (secondary N) is 1. The Kier molecular flexibility index (Phi) is 7.58. The van der Waals surface area contributed by atoms with E-state index in [1.54, 1.807) is 30.3 Å². The smallest absolute Gasteiger partial charge is 0.325 e. The number of esters is 1. The summed E-state index contributed by atoms with van der Waals surface area (Å²) in [6.45, 7) is 3.87. The molecule has 0 spiro atoms. The minimum atomic E-state index is -0.708. The second-order valence-corrected chi connectivity index (χ2v) is 8.39. The molecule has 1 aliphatic heterocycles. The summed E-state index contributed by atoms with van der Waals surface area (Å²) in [5, 5.41) is 2.48. The van der Waals surface area contributed by atoms with Crippen molar-refractivity contribution in [1.82, 2.24) is 9.88 Å². The van der Waals surface area contributed by atoms with Gasteiger partial charge >= 0.3 is 5.97 Å². The van der Waals surface area contributed by atoms with Crippen LogP contribution in [0.2, 0.25) is 0 Å². The van der Waals surface area contributed by atoms with Gasteiger partial charge in [-0.25, -0.2) is 0 Å². The Morgan fingerprint density at radius 2 is 1.83 bits per heavy atom. The van der Waals surface area contributed by atoms with Gasteiger partial charge in [0.05, 0.1) is 13.7 Å². The number of methoxy groups -OCH3 is 1. The number of aromatic nitrogens is 1. The molecule has 188 valence electrons. The SMILES string of the molecule is COc1cccc(C(=O)NCC(=O)OCC(=O)c2cc(C)n(CC3COc4ccccc4O3)c2C)c1. The lowest BCUT2D eigenvalue weighted by molar-refractivity contribution is -0.141. The summed E-state index contributed by atoms with van der Waals surface area (Å²) in [4.78, 5) is 37.1. The van der Waals surface area contributed by atoms with Crippen molar-refractivity contribution in [2.75, 3.05) is 26.9 Å². The van der Waals surface area contributed by atoms with Crippen LogP contribution in [0.15, 0.2) is 54.6 Å². The molecule has 0 saturated heterocycles. The largest absolute Gasteiger partial charge is 0.497 e. The second kappa shape index (κ2) is 11.0. The summed E-state index contributed by atoms with van der Waals surface area (Å²) in [5.41, 5.74) is 2.46. The Morgan fingerprint density at radius 3 is 2.61 bits per heavy atom. The first-order valence-corrected chi connectivity index (χ1v) is 11.5. The van der Waals surface area contributed by atoms with E-state index in [0.717, 1.165) is 11.4 Å². The molecule has 2 aromatic carbocycles. The van der Waals surface area contributed by atoms with E-state index < -0.39 is 18.5 Å². The maximum atomic E-state index is 12.8. The number of hydrogen-bond donors (Lipinski definition) is 1. The Balaban J connectivity index is 1.29. The molecule has 1 unspecified atom stereocenters. The molecule has 1 amide bonds. The van der Waals surface area contributed by atoms with Crippen molar-refractivity contribution in [2.45, 2.75) is 26.5 Å². The highest BCUT2D eigenvalue weighted by Crippen LogP contribution is 2.31. The van der Waals surface area contributed by atoms with Crippen LogP contribution in [0.1, 0.15) is 32.1 Å². The normalized spacial score (nSPS) is 14.1. The predicted octanol–water partition coefficient (Wildman–Crippen LogP) is 3.11. The van der Waals surface area contributed by atoms with Gasteiger partial charge in [0.25, 0.3) is 5.91 Å². The molecule has 1 aromatic heterocycles. The van der Waals surface area contributed by atoms with Gasteiger partial charge in [0.15, 0.2) is 24.2 Å². The van der Waals surface area contributed by atoms with Gasteiger partial charge in [-0.1, -0.05) is 18.2 Å². The predicted molar refractivity (Wildman–Crippen MR) is 131 cm³/mol. The van der Waals surface area contributed by atoms with E-state index in [2.05, 4.69) is 5.32 Å². The molecular formula is C27H28N2O7. The van der Waals surface area contributed by atoms with Gasteiger partial charge in [-0.2, -0.15) is 0 Å². The number of amides is 1. The topological polar surface area (TPSA) is 105 Å². The number of hydrogen-bond acceptors (Lipinski definition) is 7. The number of carbonyl (C=O) groups is 3. The minimum Gasteiger partial charge on any atom is -0.497 e. The van der Waals surface area contributed by atoms with Gasteiger partial charge in [-0.15, -0.1) is 0 Å². The average molecular weight is 493 g/mol. The molecule has 4 rings (SSSR count). The summed E-state index contributed by atoms with van der Waals surface area (Å²) < 4.78 is 24.0. The number of ketones is 1. The van der Waals surface area contributed by atoms with Crippen LogP contribution in [-0.2, 0) is 16.1 Å². The van der Waals surface area contributed by atoms with Crippen LogP contribution in [0.3, 0.4) is 0 Å². The van der Waals surface area contributed by atoms with Crippen molar-refractivity contribution >= 4 is 17.7 Å². The number of fused-ring (bicyclic) bond motifs is 1. The molecular weight excluding hydrogens is 464 g/mol. The highest BCUT2D eigenvalue weighted by Gasteiger charge is 2.24. The molecule has 0 radical (unpaired) electrons. The lowest BCUT2D eigenvalue weighted by Crippen LogP contribution is -2.33. The number of aryl methyl sites for hydroxylation is 1. The number of Topliss-reactive ketones (excluding diaryl/α,β-unsaturated/α-hetero) is 1. The Morgan fingerprint density at radius 1 is 1.06 bits per heavy atom. The molecule has 1 atom stereocenters. The van der Waals surface area contributed by atoms with Gasteiger partial charge in [-0.05, 0) is 50.2 Å². The van der Waals surface area contributed by atoms with Crippen LogP contribution in [0, 0.1) is 13.8 Å². The van der Waals surface area contributed by atoms with E-state index in [1.807, 2.05) is 42.7 Å². The Bertz CT molecular complexity index is 1280. The van der Waals surface area contributed by atoms with Gasteiger partial charge in [0, 0.05) is 22.5 Å². The molecule has 0 fully saturated rings. The van der Waals surface area contributed by atoms with E-state index in [1.165, 1.54) is 7.11 Å². The van der Waals surface area contributed by atoms with Crippen molar-refractivity contribution in [1.29, 1.82) is 0 Å². The summed E-state index contributed by atoms with van der Waals surface area (Å²) in [6.07, 6.45) is -0.210. The Hall–Kier alpha value is -4.27. The lowest BCUT2D eigenvalue weighted by atomic mass is 10.1.